The topological polar surface area (TPSA) is 65.1 Å². The van der Waals surface area contributed by atoms with Gasteiger partial charge in [0.05, 0.1) is 25.7 Å². The first-order valence-corrected chi connectivity index (χ1v) is 6.86. The molecular weight excluding hydrogens is 262 g/mol. The molecule has 110 valence electrons. The van der Waals surface area contributed by atoms with Crippen LogP contribution in [0.2, 0.25) is 0 Å². The minimum Gasteiger partial charge on any atom is -0.469 e. The number of likely N-dealkylation sites (tertiary alicyclic amines) is 1. The largest absolute Gasteiger partial charge is 0.469 e. The van der Waals surface area contributed by atoms with Crippen molar-refractivity contribution in [3.8, 4) is 0 Å². The average molecular weight is 281 g/mol. The summed E-state index contributed by atoms with van der Waals surface area (Å²) in [6, 6.07) is 0. The summed E-state index contributed by atoms with van der Waals surface area (Å²) < 4.78 is 15.8. The molecule has 3 rings (SSSR count). The van der Waals surface area contributed by atoms with Gasteiger partial charge in [0, 0.05) is 20.3 Å². The summed E-state index contributed by atoms with van der Waals surface area (Å²) in [5, 5.41) is 0. The van der Waals surface area contributed by atoms with E-state index < -0.39 is 17.4 Å². The third-order valence-corrected chi connectivity index (χ3v) is 4.43. The second kappa shape index (κ2) is 4.86. The van der Waals surface area contributed by atoms with Gasteiger partial charge in [-0.2, -0.15) is 0 Å². The van der Waals surface area contributed by atoms with Gasteiger partial charge < -0.3 is 19.1 Å². The van der Waals surface area contributed by atoms with Crippen LogP contribution in [0, 0.1) is 11.8 Å². The summed E-state index contributed by atoms with van der Waals surface area (Å²) in [5.41, 5.74) is -0.631. The van der Waals surface area contributed by atoms with Crippen molar-refractivity contribution in [1.82, 2.24) is 4.90 Å². The molecule has 0 aliphatic carbocycles. The van der Waals surface area contributed by atoms with E-state index in [1.807, 2.05) is 12.2 Å². The molecule has 6 heteroatoms. The fourth-order valence-corrected chi connectivity index (χ4v) is 3.57. The van der Waals surface area contributed by atoms with Crippen molar-refractivity contribution in [3.63, 3.8) is 0 Å². The van der Waals surface area contributed by atoms with Gasteiger partial charge in [0.2, 0.25) is 5.91 Å². The molecule has 0 aromatic heterocycles. The summed E-state index contributed by atoms with van der Waals surface area (Å²) in [4.78, 5) is 26.3. The number of hydrogen-bond donors (Lipinski definition) is 0. The molecule has 1 amide bonds. The van der Waals surface area contributed by atoms with Crippen LogP contribution in [0.25, 0.3) is 0 Å². The first-order chi connectivity index (χ1) is 9.63. The maximum Gasteiger partial charge on any atom is 0.312 e. The normalized spacial score (nSPS) is 37.6. The summed E-state index contributed by atoms with van der Waals surface area (Å²) >= 11 is 0. The van der Waals surface area contributed by atoms with Gasteiger partial charge in [-0.3, -0.25) is 9.59 Å². The van der Waals surface area contributed by atoms with Crippen LogP contribution in [0.4, 0.5) is 0 Å². The predicted molar refractivity (Wildman–Crippen MR) is 68.8 cm³/mol. The third-order valence-electron chi connectivity index (χ3n) is 4.43. The Morgan fingerprint density at radius 1 is 1.55 bits per heavy atom. The fraction of sp³-hybridized carbons (Fsp3) is 0.714. The van der Waals surface area contributed by atoms with E-state index in [2.05, 4.69) is 0 Å². The van der Waals surface area contributed by atoms with E-state index in [-0.39, 0.29) is 18.0 Å². The molecule has 0 aromatic rings. The fourth-order valence-electron chi connectivity index (χ4n) is 3.57. The monoisotopic (exact) mass is 281 g/mol. The van der Waals surface area contributed by atoms with Crippen LogP contribution in [-0.2, 0) is 23.8 Å². The summed E-state index contributed by atoms with van der Waals surface area (Å²) in [7, 11) is 2.99. The standard InChI is InChI=1S/C14H19NO5/c1-18-7-3-6-15-8-14-5-4-9(20-14)10(13(17)19-2)11(14)12(15)16/h4-5,9-11H,3,6-8H2,1-2H3/t9-,10+,11-,14+/m1/s1. The van der Waals surface area contributed by atoms with Gasteiger partial charge in [-0.15, -0.1) is 0 Å². The molecule has 3 heterocycles. The molecule has 2 bridgehead atoms. The number of fused-ring (bicyclic) bond motifs is 1. The predicted octanol–water partition coefficient (Wildman–Crippen LogP) is -0.0221. The van der Waals surface area contributed by atoms with E-state index >= 15 is 0 Å². The first kappa shape index (κ1) is 13.6. The Kier molecular flexibility index (Phi) is 3.30. The smallest absolute Gasteiger partial charge is 0.312 e. The highest BCUT2D eigenvalue weighted by Gasteiger charge is 2.67. The lowest BCUT2D eigenvalue weighted by Crippen LogP contribution is -2.39. The Bertz CT molecular complexity index is 462. The average Bonchev–Trinajstić information content (AvgIpc) is 3.07. The van der Waals surface area contributed by atoms with Gasteiger partial charge in [-0.1, -0.05) is 12.2 Å². The number of nitrogens with zero attached hydrogens (tertiary/aromatic N) is 1. The maximum atomic E-state index is 12.6. The first-order valence-electron chi connectivity index (χ1n) is 6.86. The minimum atomic E-state index is -0.631. The molecule has 2 saturated heterocycles. The van der Waals surface area contributed by atoms with Crippen molar-refractivity contribution < 1.29 is 23.8 Å². The van der Waals surface area contributed by atoms with Crippen LogP contribution >= 0.6 is 0 Å². The quantitative estimate of drug-likeness (QED) is 0.402. The number of carbonyl (C=O) groups excluding carboxylic acids is 2. The van der Waals surface area contributed by atoms with Crippen LogP contribution < -0.4 is 0 Å². The molecule has 4 atom stereocenters. The number of hydrogen-bond acceptors (Lipinski definition) is 5. The summed E-state index contributed by atoms with van der Waals surface area (Å²) in [5.74, 6) is -1.32. The second-order valence-electron chi connectivity index (χ2n) is 5.53. The molecule has 20 heavy (non-hydrogen) atoms. The molecule has 6 nitrogen and oxygen atoms in total. The molecule has 0 N–H and O–H groups in total. The Morgan fingerprint density at radius 2 is 2.35 bits per heavy atom. The zero-order valence-electron chi connectivity index (χ0n) is 11.7. The number of ether oxygens (including phenoxy) is 3. The van der Waals surface area contributed by atoms with Crippen molar-refractivity contribution in [2.45, 2.75) is 18.1 Å². The van der Waals surface area contributed by atoms with Crippen LogP contribution in [0.1, 0.15) is 6.42 Å². The highest BCUT2D eigenvalue weighted by molar-refractivity contribution is 5.91. The van der Waals surface area contributed by atoms with Crippen molar-refractivity contribution in [2.75, 3.05) is 33.9 Å². The Hall–Kier alpha value is -1.40. The van der Waals surface area contributed by atoms with Gasteiger partial charge in [0.15, 0.2) is 0 Å². The van der Waals surface area contributed by atoms with Crippen LogP contribution in [-0.4, -0.2) is 62.4 Å². The van der Waals surface area contributed by atoms with E-state index in [1.54, 1.807) is 12.0 Å². The van der Waals surface area contributed by atoms with E-state index in [0.717, 1.165) is 6.42 Å². The van der Waals surface area contributed by atoms with Crippen molar-refractivity contribution >= 4 is 11.9 Å². The van der Waals surface area contributed by atoms with Gasteiger partial charge in [-0.25, -0.2) is 0 Å². The zero-order valence-corrected chi connectivity index (χ0v) is 11.7. The summed E-state index contributed by atoms with van der Waals surface area (Å²) in [6.45, 7) is 1.75. The minimum absolute atomic E-state index is 0.0108. The van der Waals surface area contributed by atoms with Gasteiger partial charge in [-0.05, 0) is 6.42 Å². The summed E-state index contributed by atoms with van der Waals surface area (Å²) in [6.07, 6.45) is 4.28. The maximum absolute atomic E-state index is 12.6. The molecule has 3 aliphatic heterocycles. The second-order valence-corrected chi connectivity index (χ2v) is 5.53. The Morgan fingerprint density at radius 3 is 3.05 bits per heavy atom. The SMILES string of the molecule is COCCCN1C[C@]23C=C[C@@H](O2)[C@H](C(=O)OC)[C@@H]3C1=O. The van der Waals surface area contributed by atoms with E-state index in [9.17, 15) is 9.59 Å². The molecule has 1 spiro atoms. The van der Waals surface area contributed by atoms with Gasteiger partial charge >= 0.3 is 5.97 Å². The van der Waals surface area contributed by atoms with Crippen LogP contribution in [0.5, 0.6) is 0 Å². The lowest BCUT2D eigenvalue weighted by atomic mass is 9.77. The number of methoxy groups -OCH3 is 2. The van der Waals surface area contributed by atoms with Gasteiger partial charge in [0.1, 0.15) is 11.5 Å². The number of rotatable bonds is 5. The number of carbonyl (C=O) groups is 2. The van der Waals surface area contributed by atoms with E-state index in [0.29, 0.717) is 19.7 Å². The molecular formula is C14H19NO5. The van der Waals surface area contributed by atoms with Crippen molar-refractivity contribution in [2.24, 2.45) is 11.8 Å². The molecule has 0 unspecified atom stereocenters. The van der Waals surface area contributed by atoms with Gasteiger partial charge in [0.25, 0.3) is 0 Å². The lowest BCUT2D eigenvalue weighted by Gasteiger charge is -2.22. The molecule has 2 fully saturated rings. The lowest BCUT2D eigenvalue weighted by molar-refractivity contribution is -0.151. The van der Waals surface area contributed by atoms with Crippen molar-refractivity contribution in [3.05, 3.63) is 12.2 Å². The third kappa shape index (κ3) is 1.78. The number of amides is 1. The van der Waals surface area contributed by atoms with E-state index in [1.165, 1.54) is 7.11 Å². The molecule has 0 aromatic carbocycles. The van der Waals surface area contributed by atoms with Crippen LogP contribution in [0.15, 0.2) is 12.2 Å². The zero-order chi connectivity index (χ0) is 14.3. The Labute approximate surface area is 117 Å². The highest BCUT2D eigenvalue weighted by atomic mass is 16.5. The highest BCUT2D eigenvalue weighted by Crippen LogP contribution is 2.52. The van der Waals surface area contributed by atoms with Crippen molar-refractivity contribution in [1.29, 1.82) is 0 Å². The Balaban J connectivity index is 1.79. The van der Waals surface area contributed by atoms with Crippen LogP contribution in [0.3, 0.4) is 0 Å². The molecule has 0 radical (unpaired) electrons. The number of esters is 1. The molecule has 0 saturated carbocycles. The molecule has 3 aliphatic rings. The van der Waals surface area contributed by atoms with E-state index in [4.69, 9.17) is 14.2 Å².